The number of ether oxygens (including phenoxy) is 2. The van der Waals surface area contributed by atoms with Crippen molar-refractivity contribution in [3.8, 4) is 18.1 Å². The Kier molecular flexibility index (Phi) is 10.5. The fraction of sp³-hybridized carbons (Fsp3) is 0.500. The SMILES string of the molecule is C#Cc1ccc([C@H](C)NC(=O)[C@@H]2CC(O[Si](C)(C)C(C)(C)C)CN2C(=O)[C@@H](OC(=O)Oc2ccccc2)C(C)(C)C)cc1. The third-order valence-corrected chi connectivity index (χ3v) is 12.8. The van der Waals surface area contributed by atoms with Gasteiger partial charge in [0.15, 0.2) is 14.4 Å². The van der Waals surface area contributed by atoms with Crippen molar-refractivity contribution < 1.29 is 28.3 Å². The Morgan fingerprint density at radius 3 is 2.14 bits per heavy atom. The zero-order valence-corrected chi connectivity index (χ0v) is 27.9. The van der Waals surface area contributed by atoms with E-state index >= 15 is 0 Å². The van der Waals surface area contributed by atoms with Gasteiger partial charge in [0.05, 0.1) is 12.1 Å². The molecule has 43 heavy (non-hydrogen) atoms. The summed E-state index contributed by atoms with van der Waals surface area (Å²) in [5.74, 6) is 2.13. The smallest absolute Gasteiger partial charge is 0.420 e. The van der Waals surface area contributed by atoms with Crippen LogP contribution in [0.25, 0.3) is 0 Å². The lowest BCUT2D eigenvalue weighted by molar-refractivity contribution is -0.151. The molecule has 1 fully saturated rings. The summed E-state index contributed by atoms with van der Waals surface area (Å²) in [6.45, 7) is 18.3. The molecular weight excluding hydrogens is 560 g/mol. The topological polar surface area (TPSA) is 94.2 Å². The Balaban J connectivity index is 1.87. The number of hydrogen-bond donors (Lipinski definition) is 1. The average molecular weight is 607 g/mol. The summed E-state index contributed by atoms with van der Waals surface area (Å²) in [7, 11) is -2.22. The minimum Gasteiger partial charge on any atom is -0.420 e. The van der Waals surface area contributed by atoms with Gasteiger partial charge in [-0.05, 0) is 54.9 Å². The second-order valence-electron chi connectivity index (χ2n) is 13.8. The molecule has 0 spiro atoms. The molecule has 2 amide bonds. The molecule has 0 aliphatic carbocycles. The highest BCUT2D eigenvalue weighted by molar-refractivity contribution is 6.74. The molecule has 0 bridgehead atoms. The van der Waals surface area contributed by atoms with Crippen molar-refractivity contribution in [2.75, 3.05) is 6.54 Å². The largest absolute Gasteiger partial charge is 0.514 e. The van der Waals surface area contributed by atoms with E-state index in [1.165, 1.54) is 4.90 Å². The zero-order valence-electron chi connectivity index (χ0n) is 26.9. The molecule has 0 saturated carbocycles. The Morgan fingerprint density at radius 1 is 1.00 bits per heavy atom. The molecule has 8 nitrogen and oxygen atoms in total. The lowest BCUT2D eigenvalue weighted by Gasteiger charge is -2.38. The number of carbonyl (C=O) groups excluding carboxylic acids is 3. The molecular formula is C34H46N2O6Si. The number of carbonyl (C=O) groups is 3. The number of rotatable bonds is 8. The van der Waals surface area contributed by atoms with E-state index in [1.807, 2.05) is 52.0 Å². The maximum Gasteiger partial charge on any atom is 0.514 e. The molecule has 1 N–H and O–H groups in total. The first-order valence-corrected chi connectivity index (χ1v) is 17.6. The Morgan fingerprint density at radius 2 is 1.60 bits per heavy atom. The molecule has 1 aliphatic rings. The standard InChI is InChI=1S/C34H46N2O6Si/c1-11-24-17-19-25(20-18-24)23(2)35-30(37)28-21-27(42-43(9,10)34(6,7)8)22-36(28)31(38)29(33(3,4)5)41-32(39)40-26-15-13-12-14-16-26/h1,12-20,23,27-29H,21-22H2,2-10H3,(H,35,37)/t23-,27?,28-,29+/m0/s1. The van der Waals surface area contributed by atoms with Crippen LogP contribution in [0.5, 0.6) is 5.75 Å². The van der Waals surface area contributed by atoms with Crippen LogP contribution in [0.3, 0.4) is 0 Å². The lowest BCUT2D eigenvalue weighted by Crippen LogP contribution is -2.53. The highest BCUT2D eigenvalue weighted by atomic mass is 28.4. The van der Waals surface area contributed by atoms with E-state index in [9.17, 15) is 14.4 Å². The third-order valence-electron chi connectivity index (χ3n) is 8.22. The van der Waals surface area contributed by atoms with Crippen molar-refractivity contribution in [3.63, 3.8) is 0 Å². The molecule has 0 aromatic heterocycles. The molecule has 9 heteroatoms. The lowest BCUT2D eigenvalue weighted by atomic mass is 9.88. The molecule has 0 radical (unpaired) electrons. The minimum absolute atomic E-state index is 0.0561. The predicted molar refractivity (Wildman–Crippen MR) is 170 cm³/mol. The molecule has 1 heterocycles. The van der Waals surface area contributed by atoms with Crippen LogP contribution in [-0.4, -0.2) is 56.0 Å². The maximum absolute atomic E-state index is 14.2. The van der Waals surface area contributed by atoms with Gasteiger partial charge in [-0.2, -0.15) is 0 Å². The van der Waals surface area contributed by atoms with Crippen LogP contribution in [0.4, 0.5) is 4.79 Å². The molecule has 1 saturated heterocycles. The highest BCUT2D eigenvalue weighted by Gasteiger charge is 2.49. The van der Waals surface area contributed by atoms with Gasteiger partial charge in [0.1, 0.15) is 11.8 Å². The summed E-state index contributed by atoms with van der Waals surface area (Å²) in [5, 5.41) is 3.01. The predicted octanol–water partition coefficient (Wildman–Crippen LogP) is 6.47. The third kappa shape index (κ3) is 8.71. The van der Waals surface area contributed by atoms with Gasteiger partial charge in [-0.3, -0.25) is 9.59 Å². The van der Waals surface area contributed by atoms with E-state index in [2.05, 4.69) is 45.1 Å². The molecule has 232 valence electrons. The van der Waals surface area contributed by atoms with Crippen LogP contribution in [0.1, 0.15) is 72.1 Å². The van der Waals surface area contributed by atoms with Gasteiger partial charge in [0.2, 0.25) is 5.91 Å². The first-order chi connectivity index (χ1) is 19.9. The number of amides is 2. The van der Waals surface area contributed by atoms with Crippen molar-refractivity contribution in [1.82, 2.24) is 10.2 Å². The van der Waals surface area contributed by atoms with Crippen molar-refractivity contribution >= 4 is 26.3 Å². The number of hydrogen-bond acceptors (Lipinski definition) is 6. The van der Waals surface area contributed by atoms with E-state index in [1.54, 1.807) is 30.3 Å². The summed E-state index contributed by atoms with van der Waals surface area (Å²) in [5.41, 5.74) is 0.856. The molecule has 2 aromatic carbocycles. The average Bonchev–Trinajstić information content (AvgIpc) is 3.34. The number of likely N-dealkylation sites (tertiary alicyclic amines) is 1. The number of terminal acetylenes is 1. The van der Waals surface area contributed by atoms with Gasteiger partial charge < -0.3 is 24.1 Å². The molecule has 3 rings (SSSR count). The Labute approximate surface area is 257 Å². The monoisotopic (exact) mass is 606 g/mol. The summed E-state index contributed by atoms with van der Waals surface area (Å²) in [6.07, 6.45) is 3.29. The second kappa shape index (κ2) is 13.4. The van der Waals surface area contributed by atoms with Gasteiger partial charge in [-0.25, -0.2) is 4.79 Å². The molecule has 1 unspecified atom stereocenters. The second-order valence-corrected chi connectivity index (χ2v) is 18.5. The first-order valence-electron chi connectivity index (χ1n) is 14.7. The fourth-order valence-corrected chi connectivity index (χ4v) is 6.04. The van der Waals surface area contributed by atoms with Gasteiger partial charge in [-0.15, -0.1) is 6.42 Å². The molecule has 1 aliphatic heterocycles. The van der Waals surface area contributed by atoms with Crippen molar-refractivity contribution in [1.29, 1.82) is 0 Å². The Bertz CT molecular complexity index is 1320. The number of nitrogens with zero attached hydrogens (tertiary/aromatic N) is 1. The molecule has 4 atom stereocenters. The van der Waals surface area contributed by atoms with Crippen LogP contribution in [-0.2, 0) is 18.8 Å². The van der Waals surface area contributed by atoms with Crippen LogP contribution >= 0.6 is 0 Å². The van der Waals surface area contributed by atoms with Crippen LogP contribution in [0.15, 0.2) is 54.6 Å². The van der Waals surface area contributed by atoms with Crippen LogP contribution in [0, 0.1) is 17.8 Å². The summed E-state index contributed by atoms with van der Waals surface area (Å²) >= 11 is 0. The minimum atomic E-state index is -2.22. The zero-order chi connectivity index (χ0) is 32.2. The normalized spacial score (nSPS) is 18.7. The van der Waals surface area contributed by atoms with Crippen molar-refractivity contribution in [2.24, 2.45) is 5.41 Å². The summed E-state index contributed by atoms with van der Waals surface area (Å²) in [6, 6.07) is 14.8. The number of benzene rings is 2. The van der Waals surface area contributed by atoms with Gasteiger partial charge in [0, 0.05) is 23.9 Å². The van der Waals surface area contributed by atoms with E-state index in [4.69, 9.17) is 20.3 Å². The highest BCUT2D eigenvalue weighted by Crippen LogP contribution is 2.39. The van der Waals surface area contributed by atoms with Crippen molar-refractivity contribution in [2.45, 2.75) is 97.3 Å². The fourth-order valence-electron chi connectivity index (χ4n) is 4.68. The van der Waals surface area contributed by atoms with Crippen LogP contribution < -0.4 is 10.1 Å². The van der Waals surface area contributed by atoms with E-state index in [-0.39, 0.29) is 29.6 Å². The van der Waals surface area contributed by atoms with E-state index in [0.29, 0.717) is 12.2 Å². The van der Waals surface area contributed by atoms with Gasteiger partial charge in [-0.1, -0.05) is 77.8 Å². The Hall–Kier alpha value is -3.61. The van der Waals surface area contributed by atoms with E-state index in [0.717, 1.165) is 11.1 Å². The maximum atomic E-state index is 14.2. The number of para-hydroxylation sites is 1. The van der Waals surface area contributed by atoms with E-state index < -0.39 is 37.9 Å². The quantitative estimate of drug-likeness (QED) is 0.160. The van der Waals surface area contributed by atoms with Gasteiger partial charge in [0.25, 0.3) is 5.91 Å². The molecule has 2 aromatic rings. The first kappa shape index (κ1) is 33.9. The van der Waals surface area contributed by atoms with Gasteiger partial charge >= 0.3 is 6.16 Å². The summed E-state index contributed by atoms with van der Waals surface area (Å²) < 4.78 is 17.7. The number of nitrogens with one attached hydrogen (secondary N) is 1. The van der Waals surface area contributed by atoms with Crippen LogP contribution in [0.2, 0.25) is 18.1 Å². The van der Waals surface area contributed by atoms with Crippen molar-refractivity contribution in [3.05, 3.63) is 65.7 Å². The summed E-state index contributed by atoms with van der Waals surface area (Å²) in [4.78, 5) is 42.3.